The van der Waals surface area contributed by atoms with Gasteiger partial charge in [0.1, 0.15) is 0 Å². The Hall–Kier alpha value is -1.29. The second-order valence-corrected chi connectivity index (χ2v) is 4.14. The van der Waals surface area contributed by atoms with Crippen molar-refractivity contribution in [1.82, 2.24) is 9.88 Å². The highest BCUT2D eigenvalue weighted by atomic mass is 16.5. The first-order valence-corrected chi connectivity index (χ1v) is 6.03. The van der Waals surface area contributed by atoms with Crippen molar-refractivity contribution in [2.24, 2.45) is 0 Å². The van der Waals surface area contributed by atoms with Crippen molar-refractivity contribution in [3.8, 4) is 0 Å². The number of esters is 1. The predicted molar refractivity (Wildman–Crippen MR) is 67.9 cm³/mol. The van der Waals surface area contributed by atoms with E-state index in [0.29, 0.717) is 13.0 Å². The van der Waals surface area contributed by atoms with Crippen molar-refractivity contribution >= 4 is 5.97 Å². The highest BCUT2D eigenvalue weighted by Gasteiger charge is 2.07. The van der Waals surface area contributed by atoms with Gasteiger partial charge in [0, 0.05) is 31.0 Å². The second kappa shape index (κ2) is 6.45. The molecule has 0 aliphatic rings. The Morgan fingerprint density at radius 3 is 2.71 bits per heavy atom. The van der Waals surface area contributed by atoms with Gasteiger partial charge in [-0.2, -0.15) is 0 Å². The standard InChI is InChI=1S/C13H22N2O2/c1-5-15-10(2)8-12(11(15)3)9-14-7-6-13(16)17-4/h8,14H,5-7,9H2,1-4H3. The lowest BCUT2D eigenvalue weighted by Gasteiger charge is -2.07. The third-order valence-corrected chi connectivity index (χ3v) is 3.04. The van der Waals surface area contributed by atoms with Gasteiger partial charge in [-0.25, -0.2) is 0 Å². The Morgan fingerprint density at radius 1 is 1.47 bits per heavy atom. The van der Waals surface area contributed by atoms with Gasteiger partial charge in [-0.3, -0.25) is 4.79 Å². The summed E-state index contributed by atoms with van der Waals surface area (Å²) in [7, 11) is 1.41. The normalized spacial score (nSPS) is 10.6. The number of aryl methyl sites for hydroxylation is 1. The van der Waals surface area contributed by atoms with E-state index in [-0.39, 0.29) is 5.97 Å². The molecule has 0 saturated heterocycles. The summed E-state index contributed by atoms with van der Waals surface area (Å²) in [5.41, 5.74) is 3.89. The van der Waals surface area contributed by atoms with Crippen LogP contribution in [0.4, 0.5) is 0 Å². The number of rotatable bonds is 6. The van der Waals surface area contributed by atoms with Crippen molar-refractivity contribution in [1.29, 1.82) is 0 Å². The smallest absolute Gasteiger partial charge is 0.306 e. The quantitative estimate of drug-likeness (QED) is 0.607. The molecule has 1 heterocycles. The molecule has 4 nitrogen and oxygen atoms in total. The van der Waals surface area contributed by atoms with E-state index in [0.717, 1.165) is 13.1 Å². The molecule has 0 saturated carbocycles. The number of aromatic nitrogens is 1. The number of nitrogens with one attached hydrogen (secondary N) is 1. The highest BCUT2D eigenvalue weighted by Crippen LogP contribution is 2.14. The molecule has 0 atom stereocenters. The summed E-state index contributed by atoms with van der Waals surface area (Å²) in [4.78, 5) is 10.9. The van der Waals surface area contributed by atoms with Gasteiger partial charge in [-0.1, -0.05) is 0 Å². The fourth-order valence-electron chi connectivity index (χ4n) is 2.05. The second-order valence-electron chi connectivity index (χ2n) is 4.14. The highest BCUT2D eigenvalue weighted by molar-refractivity contribution is 5.69. The Kier molecular flexibility index (Phi) is 5.22. The van der Waals surface area contributed by atoms with Gasteiger partial charge in [0.2, 0.25) is 0 Å². The minimum atomic E-state index is -0.170. The molecule has 0 fully saturated rings. The van der Waals surface area contributed by atoms with Crippen LogP contribution in [-0.2, 0) is 22.6 Å². The third-order valence-electron chi connectivity index (χ3n) is 3.04. The molecule has 0 aliphatic heterocycles. The first kappa shape index (κ1) is 13.8. The molecule has 0 unspecified atom stereocenters. The fourth-order valence-corrected chi connectivity index (χ4v) is 2.05. The number of methoxy groups -OCH3 is 1. The van der Waals surface area contributed by atoms with Crippen molar-refractivity contribution in [3.63, 3.8) is 0 Å². The summed E-state index contributed by atoms with van der Waals surface area (Å²) in [6.45, 7) is 8.86. The molecule has 1 aromatic rings. The van der Waals surface area contributed by atoms with E-state index in [1.807, 2.05) is 0 Å². The molecule has 96 valence electrons. The largest absolute Gasteiger partial charge is 0.469 e. The molecular formula is C13H22N2O2. The lowest BCUT2D eigenvalue weighted by molar-refractivity contribution is -0.140. The molecular weight excluding hydrogens is 216 g/mol. The number of carbonyl (C=O) groups excluding carboxylic acids is 1. The van der Waals surface area contributed by atoms with Gasteiger partial charge in [-0.15, -0.1) is 0 Å². The molecule has 17 heavy (non-hydrogen) atoms. The number of carbonyl (C=O) groups is 1. The van der Waals surface area contributed by atoms with Gasteiger partial charge in [-0.05, 0) is 32.4 Å². The Labute approximate surface area is 103 Å². The van der Waals surface area contributed by atoms with Crippen LogP contribution in [0.15, 0.2) is 6.07 Å². The minimum Gasteiger partial charge on any atom is -0.469 e. The molecule has 0 radical (unpaired) electrons. The minimum absolute atomic E-state index is 0.170. The summed E-state index contributed by atoms with van der Waals surface area (Å²) in [6, 6.07) is 2.20. The van der Waals surface area contributed by atoms with E-state index >= 15 is 0 Å². The number of ether oxygens (including phenoxy) is 1. The Bertz CT molecular complexity index is 383. The van der Waals surface area contributed by atoms with Crippen LogP contribution in [0.5, 0.6) is 0 Å². The zero-order valence-corrected chi connectivity index (χ0v) is 11.2. The lowest BCUT2D eigenvalue weighted by Crippen LogP contribution is -2.18. The zero-order chi connectivity index (χ0) is 12.8. The molecule has 0 bridgehead atoms. The molecule has 4 heteroatoms. The molecule has 0 aliphatic carbocycles. The van der Waals surface area contributed by atoms with Crippen molar-refractivity contribution in [2.75, 3.05) is 13.7 Å². The maximum absolute atomic E-state index is 10.9. The van der Waals surface area contributed by atoms with E-state index in [2.05, 4.69) is 41.5 Å². The van der Waals surface area contributed by atoms with Crippen LogP contribution in [0.3, 0.4) is 0 Å². The van der Waals surface area contributed by atoms with E-state index < -0.39 is 0 Å². The molecule has 1 rings (SSSR count). The third kappa shape index (κ3) is 3.60. The molecule has 0 amide bonds. The number of hydrogen-bond donors (Lipinski definition) is 1. The van der Waals surface area contributed by atoms with Gasteiger partial charge >= 0.3 is 5.97 Å². The zero-order valence-electron chi connectivity index (χ0n) is 11.2. The van der Waals surface area contributed by atoms with Crippen molar-refractivity contribution < 1.29 is 9.53 Å². The van der Waals surface area contributed by atoms with Crippen LogP contribution in [-0.4, -0.2) is 24.2 Å². The van der Waals surface area contributed by atoms with Crippen LogP contribution in [0.1, 0.15) is 30.3 Å². The summed E-state index contributed by atoms with van der Waals surface area (Å²) >= 11 is 0. The van der Waals surface area contributed by atoms with Gasteiger partial charge in [0.25, 0.3) is 0 Å². The molecule has 1 aromatic heterocycles. The van der Waals surface area contributed by atoms with E-state index in [4.69, 9.17) is 0 Å². The first-order valence-electron chi connectivity index (χ1n) is 6.03. The van der Waals surface area contributed by atoms with Crippen LogP contribution in [0.25, 0.3) is 0 Å². The summed E-state index contributed by atoms with van der Waals surface area (Å²) in [5.74, 6) is -0.170. The monoisotopic (exact) mass is 238 g/mol. The summed E-state index contributed by atoms with van der Waals surface area (Å²) in [5, 5.41) is 3.26. The number of hydrogen-bond acceptors (Lipinski definition) is 3. The summed E-state index contributed by atoms with van der Waals surface area (Å²) < 4.78 is 6.87. The average molecular weight is 238 g/mol. The van der Waals surface area contributed by atoms with Crippen LogP contribution >= 0.6 is 0 Å². The maximum Gasteiger partial charge on any atom is 0.306 e. The van der Waals surface area contributed by atoms with E-state index in [1.165, 1.54) is 24.1 Å². The van der Waals surface area contributed by atoms with Crippen molar-refractivity contribution in [2.45, 2.75) is 40.3 Å². The SMILES string of the molecule is CCn1c(C)cc(CNCCC(=O)OC)c1C. The van der Waals surface area contributed by atoms with Crippen molar-refractivity contribution in [3.05, 3.63) is 23.0 Å². The topological polar surface area (TPSA) is 43.3 Å². The van der Waals surface area contributed by atoms with Crippen LogP contribution in [0.2, 0.25) is 0 Å². The van der Waals surface area contributed by atoms with Gasteiger partial charge < -0.3 is 14.6 Å². The molecule has 1 N–H and O–H groups in total. The van der Waals surface area contributed by atoms with Crippen LogP contribution in [0, 0.1) is 13.8 Å². The van der Waals surface area contributed by atoms with Gasteiger partial charge in [0.15, 0.2) is 0 Å². The molecule has 0 spiro atoms. The average Bonchev–Trinajstić information content (AvgIpc) is 2.59. The van der Waals surface area contributed by atoms with Gasteiger partial charge in [0.05, 0.1) is 13.5 Å². The Balaban J connectivity index is 2.44. The predicted octanol–water partition coefficient (Wildman–Crippen LogP) is 1.78. The summed E-state index contributed by atoms with van der Waals surface area (Å²) in [6.07, 6.45) is 0.420. The van der Waals surface area contributed by atoms with Crippen LogP contribution < -0.4 is 5.32 Å². The van der Waals surface area contributed by atoms with E-state index in [1.54, 1.807) is 0 Å². The Morgan fingerprint density at radius 2 is 2.18 bits per heavy atom. The fraction of sp³-hybridized carbons (Fsp3) is 0.615. The number of nitrogens with zero attached hydrogens (tertiary/aromatic N) is 1. The lowest BCUT2D eigenvalue weighted by atomic mass is 10.2. The first-order chi connectivity index (χ1) is 8.10. The maximum atomic E-state index is 10.9. The van der Waals surface area contributed by atoms with E-state index in [9.17, 15) is 4.79 Å². The molecule has 0 aromatic carbocycles.